The first-order valence-corrected chi connectivity index (χ1v) is 9.68. The lowest BCUT2D eigenvalue weighted by Gasteiger charge is -2.29. The second kappa shape index (κ2) is 9.50. The van der Waals surface area contributed by atoms with Crippen LogP contribution in [0.5, 0.6) is 0 Å². The third-order valence-corrected chi connectivity index (χ3v) is 5.42. The van der Waals surface area contributed by atoms with E-state index < -0.39 is 6.04 Å². The number of carbonyl (C=O) groups excluding carboxylic acids is 2. The van der Waals surface area contributed by atoms with Crippen LogP contribution in [0, 0.1) is 5.92 Å². The van der Waals surface area contributed by atoms with Crippen molar-refractivity contribution in [2.75, 3.05) is 6.54 Å². The SMILES string of the molecule is CC(C)[C@H](N)C(=O)NCC(=O)N(Cc1ccccc1)C(C)c1cccs1. The number of benzene rings is 1. The number of nitrogens with two attached hydrogens (primary N) is 1. The maximum atomic E-state index is 12.9. The normalized spacial score (nSPS) is 13.3. The largest absolute Gasteiger partial charge is 0.346 e. The molecular formula is C20H27N3O2S. The standard InChI is InChI=1S/C20H27N3O2S/c1-14(2)19(21)20(25)22-12-18(24)23(13-16-8-5-4-6-9-16)15(3)17-10-7-11-26-17/h4-11,14-15,19H,12-13,21H2,1-3H3,(H,22,25)/t15?,19-/m0/s1. The molecule has 0 saturated heterocycles. The van der Waals surface area contributed by atoms with Gasteiger partial charge in [-0.3, -0.25) is 9.59 Å². The average Bonchev–Trinajstić information content (AvgIpc) is 3.18. The Morgan fingerprint density at radius 1 is 1.12 bits per heavy atom. The lowest BCUT2D eigenvalue weighted by atomic mass is 10.1. The molecule has 0 bridgehead atoms. The van der Waals surface area contributed by atoms with E-state index >= 15 is 0 Å². The summed E-state index contributed by atoms with van der Waals surface area (Å²) in [6, 6.07) is 13.2. The van der Waals surface area contributed by atoms with Gasteiger partial charge in [-0.05, 0) is 29.9 Å². The van der Waals surface area contributed by atoms with Crippen LogP contribution in [0.4, 0.5) is 0 Å². The van der Waals surface area contributed by atoms with E-state index in [0.29, 0.717) is 6.54 Å². The van der Waals surface area contributed by atoms with Gasteiger partial charge >= 0.3 is 0 Å². The first-order valence-electron chi connectivity index (χ1n) is 8.80. The van der Waals surface area contributed by atoms with E-state index in [1.165, 1.54) is 0 Å². The fourth-order valence-electron chi connectivity index (χ4n) is 2.59. The molecule has 2 aromatic rings. The van der Waals surface area contributed by atoms with E-state index in [4.69, 9.17) is 5.73 Å². The fraction of sp³-hybridized carbons (Fsp3) is 0.400. The van der Waals surface area contributed by atoms with E-state index in [1.807, 2.05) is 68.6 Å². The lowest BCUT2D eigenvalue weighted by Crippen LogP contribution is -2.48. The molecule has 6 heteroatoms. The third-order valence-electron chi connectivity index (χ3n) is 4.37. The molecule has 2 amide bonds. The van der Waals surface area contributed by atoms with Gasteiger partial charge in [-0.1, -0.05) is 50.2 Å². The summed E-state index contributed by atoms with van der Waals surface area (Å²) in [6.45, 7) is 6.21. The average molecular weight is 374 g/mol. The van der Waals surface area contributed by atoms with Crippen molar-refractivity contribution in [1.29, 1.82) is 0 Å². The first kappa shape index (κ1) is 20.1. The van der Waals surface area contributed by atoms with Crippen molar-refractivity contribution in [1.82, 2.24) is 10.2 Å². The molecule has 1 heterocycles. The highest BCUT2D eigenvalue weighted by atomic mass is 32.1. The van der Waals surface area contributed by atoms with Gasteiger partial charge in [0, 0.05) is 11.4 Å². The van der Waals surface area contributed by atoms with E-state index in [9.17, 15) is 9.59 Å². The molecule has 0 fully saturated rings. The summed E-state index contributed by atoms with van der Waals surface area (Å²) >= 11 is 1.62. The van der Waals surface area contributed by atoms with Crippen molar-refractivity contribution in [2.45, 2.75) is 39.4 Å². The highest BCUT2D eigenvalue weighted by Gasteiger charge is 2.24. The molecule has 1 unspecified atom stereocenters. The molecule has 3 N–H and O–H groups in total. The van der Waals surface area contributed by atoms with E-state index in [-0.39, 0.29) is 30.3 Å². The number of hydrogen-bond acceptors (Lipinski definition) is 4. The molecule has 1 aromatic heterocycles. The zero-order valence-electron chi connectivity index (χ0n) is 15.5. The molecule has 5 nitrogen and oxygen atoms in total. The van der Waals surface area contributed by atoms with Crippen LogP contribution in [0.3, 0.4) is 0 Å². The van der Waals surface area contributed by atoms with Gasteiger partial charge in [-0.25, -0.2) is 0 Å². The number of amides is 2. The molecule has 1 aromatic carbocycles. The van der Waals surface area contributed by atoms with Crippen LogP contribution in [-0.4, -0.2) is 29.3 Å². The van der Waals surface area contributed by atoms with Crippen LogP contribution in [0.25, 0.3) is 0 Å². The van der Waals surface area contributed by atoms with Gasteiger partial charge in [0.15, 0.2) is 0 Å². The van der Waals surface area contributed by atoms with Gasteiger partial charge in [0.25, 0.3) is 0 Å². The number of nitrogens with zero attached hydrogens (tertiary/aromatic N) is 1. The van der Waals surface area contributed by atoms with Crippen molar-refractivity contribution in [3.8, 4) is 0 Å². The lowest BCUT2D eigenvalue weighted by molar-refractivity contribution is -0.135. The van der Waals surface area contributed by atoms with Crippen molar-refractivity contribution in [3.63, 3.8) is 0 Å². The first-order chi connectivity index (χ1) is 12.4. The molecule has 0 radical (unpaired) electrons. The molecule has 2 rings (SSSR count). The Morgan fingerprint density at radius 2 is 1.81 bits per heavy atom. The summed E-state index contributed by atoms with van der Waals surface area (Å²) in [5, 5.41) is 4.68. The van der Waals surface area contributed by atoms with Gasteiger partial charge in [0.05, 0.1) is 18.6 Å². The number of rotatable bonds is 8. The summed E-state index contributed by atoms with van der Waals surface area (Å²) in [5.74, 6) is -0.397. The molecule has 0 aliphatic heterocycles. The zero-order valence-corrected chi connectivity index (χ0v) is 16.3. The number of thiophene rings is 1. The molecular weight excluding hydrogens is 346 g/mol. The van der Waals surface area contributed by atoms with Crippen LogP contribution in [-0.2, 0) is 16.1 Å². The molecule has 0 saturated carbocycles. The number of nitrogens with one attached hydrogen (secondary N) is 1. The van der Waals surface area contributed by atoms with Gasteiger partial charge in [0.2, 0.25) is 11.8 Å². The monoisotopic (exact) mass is 373 g/mol. The van der Waals surface area contributed by atoms with Crippen LogP contribution >= 0.6 is 11.3 Å². The molecule has 140 valence electrons. The molecule has 0 aliphatic rings. The van der Waals surface area contributed by atoms with Gasteiger partial charge in [-0.2, -0.15) is 0 Å². The third kappa shape index (κ3) is 5.41. The van der Waals surface area contributed by atoms with Crippen LogP contribution in [0.2, 0.25) is 0 Å². The second-order valence-electron chi connectivity index (χ2n) is 6.69. The Morgan fingerprint density at radius 3 is 2.38 bits per heavy atom. The van der Waals surface area contributed by atoms with Crippen LogP contribution in [0.1, 0.15) is 37.3 Å². The van der Waals surface area contributed by atoms with E-state index in [0.717, 1.165) is 10.4 Å². The van der Waals surface area contributed by atoms with Gasteiger partial charge in [-0.15, -0.1) is 11.3 Å². The smallest absolute Gasteiger partial charge is 0.242 e. The van der Waals surface area contributed by atoms with Gasteiger partial charge < -0.3 is 16.0 Å². The Labute approximate surface area is 159 Å². The summed E-state index contributed by atoms with van der Waals surface area (Å²) in [7, 11) is 0. The zero-order chi connectivity index (χ0) is 19.1. The molecule has 26 heavy (non-hydrogen) atoms. The fourth-order valence-corrected chi connectivity index (χ4v) is 3.38. The molecule has 2 atom stereocenters. The molecule has 0 spiro atoms. The van der Waals surface area contributed by atoms with E-state index in [1.54, 1.807) is 16.2 Å². The highest BCUT2D eigenvalue weighted by molar-refractivity contribution is 7.10. The maximum absolute atomic E-state index is 12.9. The van der Waals surface area contributed by atoms with Crippen LogP contribution in [0.15, 0.2) is 47.8 Å². The predicted octanol–water partition coefficient (Wildman–Crippen LogP) is 2.94. The van der Waals surface area contributed by atoms with Crippen molar-refractivity contribution >= 4 is 23.2 Å². The Balaban J connectivity index is 2.09. The Bertz CT molecular complexity index is 701. The van der Waals surface area contributed by atoms with E-state index in [2.05, 4.69) is 5.32 Å². The summed E-state index contributed by atoms with van der Waals surface area (Å²) in [5.41, 5.74) is 6.90. The second-order valence-corrected chi connectivity index (χ2v) is 7.67. The topological polar surface area (TPSA) is 75.4 Å². The summed E-state index contributed by atoms with van der Waals surface area (Å²) < 4.78 is 0. The van der Waals surface area contributed by atoms with Crippen molar-refractivity contribution in [3.05, 3.63) is 58.3 Å². The number of hydrogen-bond donors (Lipinski definition) is 2. The van der Waals surface area contributed by atoms with Gasteiger partial charge in [0.1, 0.15) is 0 Å². The minimum Gasteiger partial charge on any atom is -0.346 e. The predicted molar refractivity (Wildman–Crippen MR) is 106 cm³/mol. The minimum absolute atomic E-state index is 0.0237. The number of carbonyl (C=O) groups is 2. The summed E-state index contributed by atoms with van der Waals surface area (Å²) in [4.78, 5) is 27.8. The minimum atomic E-state index is -0.611. The highest BCUT2D eigenvalue weighted by Crippen LogP contribution is 2.26. The Kier molecular flexibility index (Phi) is 7.36. The quantitative estimate of drug-likeness (QED) is 0.747. The van der Waals surface area contributed by atoms with Crippen molar-refractivity contribution in [2.24, 2.45) is 11.7 Å². The van der Waals surface area contributed by atoms with Crippen molar-refractivity contribution < 1.29 is 9.59 Å². The Hall–Kier alpha value is -2.18. The maximum Gasteiger partial charge on any atom is 0.242 e. The summed E-state index contributed by atoms with van der Waals surface area (Å²) in [6.07, 6.45) is 0. The van der Waals surface area contributed by atoms with Crippen LogP contribution < -0.4 is 11.1 Å². The molecule has 0 aliphatic carbocycles.